The number of amides is 2. The van der Waals surface area contributed by atoms with Gasteiger partial charge < -0.3 is 15.0 Å². The maximum absolute atomic E-state index is 12.5. The summed E-state index contributed by atoms with van der Waals surface area (Å²) >= 11 is 0. The van der Waals surface area contributed by atoms with E-state index in [0.29, 0.717) is 13.0 Å². The molecule has 152 valence electrons. The van der Waals surface area contributed by atoms with Gasteiger partial charge in [-0.3, -0.25) is 9.59 Å². The largest absolute Gasteiger partial charge is 0.445 e. The number of rotatable bonds is 5. The lowest BCUT2D eigenvalue weighted by molar-refractivity contribution is -0.140. The minimum atomic E-state index is -0.643. The number of nitrogens with one attached hydrogen (secondary N) is 1. The van der Waals surface area contributed by atoms with E-state index in [0.717, 1.165) is 12.0 Å². The molecule has 1 N–H and O–H groups in total. The van der Waals surface area contributed by atoms with Gasteiger partial charge in [0.05, 0.1) is 6.04 Å². The van der Waals surface area contributed by atoms with Crippen molar-refractivity contribution in [1.29, 1.82) is 0 Å². The Morgan fingerprint density at radius 3 is 2.41 bits per heavy atom. The second-order valence-corrected chi connectivity index (χ2v) is 7.27. The predicted octanol–water partition coefficient (Wildman–Crippen LogP) is 3.27. The van der Waals surface area contributed by atoms with E-state index in [1.807, 2.05) is 51.1 Å². The van der Waals surface area contributed by atoms with Gasteiger partial charge in [0.2, 0.25) is 5.91 Å². The normalized spacial score (nSPS) is 16.0. The van der Waals surface area contributed by atoms with Gasteiger partial charge in [0.1, 0.15) is 13.2 Å². The van der Waals surface area contributed by atoms with Crippen molar-refractivity contribution in [2.75, 3.05) is 13.1 Å². The van der Waals surface area contributed by atoms with Crippen LogP contribution in [0.2, 0.25) is 0 Å². The van der Waals surface area contributed by atoms with Crippen molar-refractivity contribution in [3.63, 3.8) is 0 Å². The van der Waals surface area contributed by atoms with Crippen molar-refractivity contribution < 1.29 is 19.1 Å². The zero-order valence-electron chi connectivity index (χ0n) is 15.6. The van der Waals surface area contributed by atoms with Gasteiger partial charge in [-0.2, -0.15) is 13.5 Å². The molecule has 0 bridgehead atoms. The lowest BCUT2D eigenvalue weighted by atomic mass is 9.85. The standard InChI is InChI=1S/C19H26N2O4.CH4.H2S/c1-19(2,3)17(23)15-10-7-11-21(15)16(22)12-20-18(24)25-13-14-8-5-4-6-9-14;;/h4-6,8-9,15H,7,10-13H2,1-3H3,(H,20,24);1H4;1H2/t15-;;/m0../s1. The van der Waals surface area contributed by atoms with Crippen molar-refractivity contribution in [1.82, 2.24) is 10.2 Å². The Morgan fingerprint density at radius 1 is 1.19 bits per heavy atom. The molecule has 0 spiro atoms. The van der Waals surface area contributed by atoms with E-state index in [4.69, 9.17) is 4.74 Å². The molecular weight excluding hydrogens is 364 g/mol. The molecule has 1 heterocycles. The van der Waals surface area contributed by atoms with E-state index in [1.54, 1.807) is 4.90 Å². The summed E-state index contributed by atoms with van der Waals surface area (Å²) in [6.45, 7) is 6.10. The number of alkyl carbamates (subject to hydrolysis) is 1. The van der Waals surface area contributed by atoms with Crippen LogP contribution in [0.5, 0.6) is 0 Å². The number of carbonyl (C=O) groups excluding carboxylic acids is 3. The molecule has 1 aromatic carbocycles. The number of hydrogen-bond donors (Lipinski definition) is 1. The van der Waals surface area contributed by atoms with E-state index in [2.05, 4.69) is 5.32 Å². The van der Waals surface area contributed by atoms with Crippen molar-refractivity contribution in [2.45, 2.75) is 53.7 Å². The number of ketones is 1. The number of ether oxygens (including phenoxy) is 1. The highest BCUT2D eigenvalue weighted by molar-refractivity contribution is 7.59. The van der Waals surface area contributed by atoms with Crippen LogP contribution in [0.15, 0.2) is 30.3 Å². The smallest absolute Gasteiger partial charge is 0.407 e. The molecule has 0 unspecified atom stereocenters. The van der Waals surface area contributed by atoms with Gasteiger partial charge in [0.15, 0.2) is 5.78 Å². The van der Waals surface area contributed by atoms with Crippen LogP contribution >= 0.6 is 13.5 Å². The topological polar surface area (TPSA) is 75.7 Å². The summed E-state index contributed by atoms with van der Waals surface area (Å²) in [7, 11) is 0. The van der Waals surface area contributed by atoms with E-state index in [1.165, 1.54) is 0 Å². The second kappa shape index (κ2) is 11.0. The Morgan fingerprint density at radius 2 is 1.81 bits per heavy atom. The quantitative estimate of drug-likeness (QED) is 0.829. The number of carbonyl (C=O) groups is 3. The molecule has 1 atom stereocenters. The number of hydrogen-bond acceptors (Lipinski definition) is 4. The summed E-state index contributed by atoms with van der Waals surface area (Å²) < 4.78 is 5.08. The molecule has 2 amide bonds. The maximum Gasteiger partial charge on any atom is 0.407 e. The zero-order chi connectivity index (χ0) is 18.4. The molecule has 1 aliphatic heterocycles. The summed E-state index contributed by atoms with van der Waals surface area (Å²) in [5.74, 6) is -0.193. The molecule has 0 aromatic heterocycles. The van der Waals surface area contributed by atoms with Crippen LogP contribution in [0.4, 0.5) is 4.79 Å². The average molecular weight is 397 g/mol. The highest BCUT2D eigenvalue weighted by Gasteiger charge is 2.38. The van der Waals surface area contributed by atoms with Crippen LogP contribution in [0, 0.1) is 5.41 Å². The third-order valence-corrected chi connectivity index (χ3v) is 4.21. The van der Waals surface area contributed by atoms with Gasteiger partial charge in [-0.1, -0.05) is 58.5 Å². The van der Waals surface area contributed by atoms with E-state index >= 15 is 0 Å². The number of Topliss-reactive ketones (excluding diaryl/α,β-unsaturated/α-hetero) is 1. The summed E-state index contributed by atoms with van der Waals surface area (Å²) in [5.41, 5.74) is 0.384. The third-order valence-electron chi connectivity index (χ3n) is 4.21. The molecule has 0 saturated carbocycles. The molecule has 0 aliphatic carbocycles. The first-order valence-corrected chi connectivity index (χ1v) is 8.57. The Balaban J connectivity index is 0.00000338. The SMILES string of the molecule is C.CC(C)(C)C(=O)[C@@H]1CCCN1C(=O)CNC(=O)OCc1ccccc1.S. The van der Waals surface area contributed by atoms with Crippen LogP contribution < -0.4 is 5.32 Å². The third kappa shape index (κ3) is 7.25. The number of likely N-dealkylation sites (tertiary alicyclic amines) is 1. The Hall–Kier alpha value is -2.02. The first-order chi connectivity index (χ1) is 11.8. The number of nitrogens with zero attached hydrogens (tertiary/aromatic N) is 1. The fourth-order valence-corrected chi connectivity index (χ4v) is 2.86. The van der Waals surface area contributed by atoms with Gasteiger partial charge >= 0.3 is 6.09 Å². The molecule has 6 nitrogen and oxygen atoms in total. The highest BCUT2D eigenvalue weighted by Crippen LogP contribution is 2.26. The minimum Gasteiger partial charge on any atom is -0.445 e. The first kappa shape index (κ1) is 25.0. The van der Waals surface area contributed by atoms with Crippen molar-refractivity contribution in [3.05, 3.63) is 35.9 Å². The Bertz CT molecular complexity index is 629. The lowest BCUT2D eigenvalue weighted by Gasteiger charge is -2.29. The molecule has 0 radical (unpaired) electrons. The molecule has 1 aliphatic rings. The van der Waals surface area contributed by atoms with Crippen LogP contribution in [-0.4, -0.2) is 41.8 Å². The fourth-order valence-electron chi connectivity index (χ4n) is 2.86. The van der Waals surface area contributed by atoms with Crippen LogP contribution in [0.1, 0.15) is 46.6 Å². The van der Waals surface area contributed by atoms with Gasteiger partial charge in [0.25, 0.3) is 0 Å². The van der Waals surface area contributed by atoms with E-state index in [-0.39, 0.29) is 45.8 Å². The Kier molecular flexibility index (Phi) is 10.1. The van der Waals surface area contributed by atoms with Gasteiger partial charge in [-0.15, -0.1) is 0 Å². The summed E-state index contributed by atoms with van der Waals surface area (Å²) in [6, 6.07) is 8.92. The number of benzene rings is 1. The molecule has 7 heteroatoms. The van der Waals surface area contributed by atoms with Crippen LogP contribution in [0.3, 0.4) is 0 Å². The van der Waals surface area contributed by atoms with E-state index in [9.17, 15) is 14.4 Å². The van der Waals surface area contributed by atoms with Crippen molar-refractivity contribution in [3.8, 4) is 0 Å². The second-order valence-electron chi connectivity index (χ2n) is 7.27. The summed E-state index contributed by atoms with van der Waals surface area (Å²) in [6.07, 6.45) is 0.840. The van der Waals surface area contributed by atoms with Crippen LogP contribution in [-0.2, 0) is 20.9 Å². The average Bonchev–Trinajstić information content (AvgIpc) is 3.06. The predicted molar refractivity (Wildman–Crippen MR) is 111 cm³/mol. The first-order valence-electron chi connectivity index (χ1n) is 8.57. The van der Waals surface area contributed by atoms with E-state index < -0.39 is 17.6 Å². The minimum absolute atomic E-state index is 0. The fraction of sp³-hybridized carbons (Fsp3) is 0.550. The van der Waals surface area contributed by atoms with Gasteiger partial charge in [-0.25, -0.2) is 4.79 Å². The van der Waals surface area contributed by atoms with Gasteiger partial charge in [0, 0.05) is 12.0 Å². The molecule has 2 rings (SSSR count). The molecule has 1 saturated heterocycles. The Labute approximate surface area is 169 Å². The molecule has 1 aromatic rings. The molecule has 27 heavy (non-hydrogen) atoms. The highest BCUT2D eigenvalue weighted by atomic mass is 32.1. The van der Waals surface area contributed by atoms with Crippen molar-refractivity contribution in [2.24, 2.45) is 5.41 Å². The summed E-state index contributed by atoms with van der Waals surface area (Å²) in [5, 5.41) is 2.46. The summed E-state index contributed by atoms with van der Waals surface area (Å²) in [4.78, 5) is 38.2. The maximum atomic E-state index is 12.5. The van der Waals surface area contributed by atoms with Crippen LogP contribution in [0.25, 0.3) is 0 Å². The molecular formula is C20H32N2O4S. The zero-order valence-corrected chi connectivity index (χ0v) is 16.6. The van der Waals surface area contributed by atoms with Crippen molar-refractivity contribution >= 4 is 31.3 Å². The lowest BCUT2D eigenvalue weighted by Crippen LogP contribution is -2.48. The monoisotopic (exact) mass is 396 g/mol. The van der Waals surface area contributed by atoms with Gasteiger partial charge in [-0.05, 0) is 18.4 Å². The molecule has 1 fully saturated rings.